The predicted octanol–water partition coefficient (Wildman–Crippen LogP) is 4.02. The number of rotatable bonds is 2. The molecule has 1 amide bonds. The van der Waals surface area contributed by atoms with Gasteiger partial charge in [0.05, 0.1) is 16.9 Å². The summed E-state index contributed by atoms with van der Waals surface area (Å²) in [7, 11) is 0. The maximum absolute atomic E-state index is 13.2. The van der Waals surface area contributed by atoms with Crippen LogP contribution in [-0.4, -0.2) is 39.0 Å². The molecule has 0 radical (unpaired) electrons. The Morgan fingerprint density at radius 2 is 1.76 bits per heavy atom. The maximum Gasteiger partial charge on any atom is 0.407 e. The Hall–Kier alpha value is -2.89. The number of carboxylic acid groups (broad SMARTS) is 1. The number of aromatic nitrogens is 2. The molecule has 0 unspecified atom stereocenters. The van der Waals surface area contributed by atoms with E-state index in [0.717, 1.165) is 35.1 Å². The van der Waals surface area contributed by atoms with Crippen LogP contribution in [0.3, 0.4) is 0 Å². The highest BCUT2D eigenvalue weighted by Gasteiger charge is 2.27. The van der Waals surface area contributed by atoms with Crippen LogP contribution in [0.1, 0.15) is 24.5 Å². The number of hydrogen-bond donors (Lipinski definition) is 1. The molecule has 5 nitrogen and oxygen atoms in total. The molecule has 1 fully saturated rings. The average Bonchev–Trinajstić information content (AvgIpc) is 3.02. The molecule has 1 saturated heterocycles. The zero-order valence-corrected chi connectivity index (χ0v) is 13.6. The lowest BCUT2D eigenvalue weighted by atomic mass is 9.92. The summed E-state index contributed by atoms with van der Waals surface area (Å²) in [6, 6.07) is 14.3. The first-order valence-electron chi connectivity index (χ1n) is 8.35. The van der Waals surface area contributed by atoms with Crippen molar-refractivity contribution in [3.05, 3.63) is 60.0 Å². The van der Waals surface area contributed by atoms with E-state index in [-0.39, 0.29) is 11.7 Å². The molecule has 0 atom stereocenters. The van der Waals surface area contributed by atoms with Crippen LogP contribution in [0.4, 0.5) is 9.18 Å². The maximum atomic E-state index is 13.2. The third kappa shape index (κ3) is 2.84. The van der Waals surface area contributed by atoms with E-state index in [2.05, 4.69) is 0 Å². The molecule has 1 N–H and O–H groups in total. The Bertz CT molecular complexity index is 912. The SMILES string of the molecule is O=C(O)N1CCC(c2nn(-c3ccc(F)cc3)c3ccccc23)CC1. The summed E-state index contributed by atoms with van der Waals surface area (Å²) in [4.78, 5) is 12.6. The average molecular weight is 339 g/mol. The van der Waals surface area contributed by atoms with Crippen LogP contribution in [0, 0.1) is 5.82 Å². The molecule has 4 rings (SSSR count). The van der Waals surface area contributed by atoms with Crippen molar-refractivity contribution in [2.75, 3.05) is 13.1 Å². The van der Waals surface area contributed by atoms with Gasteiger partial charge in [-0.2, -0.15) is 5.10 Å². The highest BCUT2D eigenvalue weighted by Crippen LogP contribution is 2.33. The monoisotopic (exact) mass is 339 g/mol. The molecule has 3 aromatic rings. The van der Waals surface area contributed by atoms with E-state index in [0.29, 0.717) is 13.1 Å². The van der Waals surface area contributed by atoms with Gasteiger partial charge in [0.1, 0.15) is 5.82 Å². The van der Waals surface area contributed by atoms with Crippen LogP contribution >= 0.6 is 0 Å². The topological polar surface area (TPSA) is 58.4 Å². The summed E-state index contributed by atoms with van der Waals surface area (Å²) >= 11 is 0. The van der Waals surface area contributed by atoms with Crippen molar-refractivity contribution in [2.24, 2.45) is 0 Å². The molecular weight excluding hydrogens is 321 g/mol. The predicted molar refractivity (Wildman–Crippen MR) is 92.6 cm³/mol. The minimum Gasteiger partial charge on any atom is -0.465 e. The molecule has 25 heavy (non-hydrogen) atoms. The van der Waals surface area contributed by atoms with Crippen LogP contribution in [0.5, 0.6) is 0 Å². The molecule has 1 aliphatic rings. The van der Waals surface area contributed by atoms with Gasteiger partial charge in [-0.25, -0.2) is 13.9 Å². The summed E-state index contributed by atoms with van der Waals surface area (Å²) in [5.74, 6) is -0.0522. The molecule has 0 spiro atoms. The first-order valence-corrected chi connectivity index (χ1v) is 8.35. The number of likely N-dealkylation sites (tertiary alicyclic amines) is 1. The van der Waals surface area contributed by atoms with E-state index in [1.165, 1.54) is 17.0 Å². The molecule has 2 heterocycles. The molecular formula is C19H18FN3O2. The van der Waals surface area contributed by atoms with Crippen molar-refractivity contribution < 1.29 is 14.3 Å². The van der Waals surface area contributed by atoms with Crippen molar-refractivity contribution in [1.29, 1.82) is 0 Å². The zero-order valence-electron chi connectivity index (χ0n) is 13.6. The van der Waals surface area contributed by atoms with Crippen molar-refractivity contribution in [3.63, 3.8) is 0 Å². The lowest BCUT2D eigenvalue weighted by Crippen LogP contribution is -2.36. The Kier molecular flexibility index (Phi) is 3.87. The van der Waals surface area contributed by atoms with E-state index >= 15 is 0 Å². The van der Waals surface area contributed by atoms with Gasteiger partial charge in [-0.3, -0.25) is 0 Å². The summed E-state index contributed by atoms with van der Waals surface area (Å²) in [5, 5.41) is 15.0. The Labute approximate surface area is 144 Å². The number of para-hydroxylation sites is 1. The van der Waals surface area contributed by atoms with Crippen LogP contribution in [0.25, 0.3) is 16.6 Å². The second kappa shape index (κ2) is 6.20. The second-order valence-electron chi connectivity index (χ2n) is 6.33. The van der Waals surface area contributed by atoms with Gasteiger partial charge in [0.15, 0.2) is 0 Å². The van der Waals surface area contributed by atoms with E-state index in [4.69, 9.17) is 10.2 Å². The lowest BCUT2D eigenvalue weighted by molar-refractivity contribution is 0.132. The number of benzene rings is 2. The Morgan fingerprint density at radius 1 is 1.08 bits per heavy atom. The van der Waals surface area contributed by atoms with Crippen LogP contribution < -0.4 is 0 Å². The highest BCUT2D eigenvalue weighted by atomic mass is 19.1. The van der Waals surface area contributed by atoms with Gasteiger partial charge in [-0.15, -0.1) is 0 Å². The van der Waals surface area contributed by atoms with Gasteiger partial charge in [0.2, 0.25) is 0 Å². The summed E-state index contributed by atoms with van der Waals surface area (Å²) < 4.78 is 15.1. The normalized spacial score (nSPS) is 15.6. The molecule has 0 aliphatic carbocycles. The van der Waals surface area contributed by atoms with Gasteiger partial charge < -0.3 is 10.0 Å². The van der Waals surface area contributed by atoms with Crippen molar-refractivity contribution >= 4 is 17.0 Å². The number of piperidine rings is 1. The van der Waals surface area contributed by atoms with E-state index in [1.807, 2.05) is 28.9 Å². The lowest BCUT2D eigenvalue weighted by Gasteiger charge is -2.29. The van der Waals surface area contributed by atoms with E-state index in [9.17, 15) is 9.18 Å². The number of amides is 1. The zero-order chi connectivity index (χ0) is 17.4. The van der Waals surface area contributed by atoms with Crippen LogP contribution in [0.15, 0.2) is 48.5 Å². The van der Waals surface area contributed by atoms with Gasteiger partial charge in [-0.1, -0.05) is 18.2 Å². The third-order valence-electron chi connectivity index (χ3n) is 4.84. The van der Waals surface area contributed by atoms with Gasteiger partial charge in [0, 0.05) is 24.4 Å². The van der Waals surface area contributed by atoms with E-state index < -0.39 is 6.09 Å². The first kappa shape index (κ1) is 15.6. The number of nitrogens with zero attached hydrogens (tertiary/aromatic N) is 3. The fourth-order valence-corrected chi connectivity index (χ4v) is 3.52. The molecule has 2 aromatic carbocycles. The third-order valence-corrected chi connectivity index (χ3v) is 4.84. The molecule has 6 heteroatoms. The standard InChI is InChI=1S/C19H18FN3O2/c20-14-5-7-15(8-6-14)23-17-4-2-1-3-16(17)18(21-23)13-9-11-22(12-10-13)19(24)25/h1-8,13H,9-12H2,(H,24,25). The van der Waals surface area contributed by atoms with Crippen molar-refractivity contribution in [1.82, 2.24) is 14.7 Å². The molecule has 128 valence electrons. The quantitative estimate of drug-likeness (QED) is 0.767. The number of halogens is 1. The largest absolute Gasteiger partial charge is 0.465 e. The van der Waals surface area contributed by atoms with E-state index in [1.54, 1.807) is 12.1 Å². The Balaban J connectivity index is 1.73. The summed E-state index contributed by atoms with van der Waals surface area (Å²) in [6.07, 6.45) is 0.660. The van der Waals surface area contributed by atoms with Gasteiger partial charge in [-0.05, 0) is 43.2 Å². The highest BCUT2D eigenvalue weighted by molar-refractivity contribution is 5.84. The minimum atomic E-state index is -0.861. The fraction of sp³-hybridized carbons (Fsp3) is 0.263. The number of carbonyl (C=O) groups is 1. The van der Waals surface area contributed by atoms with Crippen LogP contribution in [0.2, 0.25) is 0 Å². The van der Waals surface area contributed by atoms with Crippen LogP contribution in [-0.2, 0) is 0 Å². The second-order valence-corrected chi connectivity index (χ2v) is 6.33. The molecule has 0 bridgehead atoms. The molecule has 1 aromatic heterocycles. The fourth-order valence-electron chi connectivity index (χ4n) is 3.52. The molecule has 0 saturated carbocycles. The van der Waals surface area contributed by atoms with Crippen molar-refractivity contribution in [2.45, 2.75) is 18.8 Å². The number of hydrogen-bond acceptors (Lipinski definition) is 2. The Morgan fingerprint density at radius 3 is 2.44 bits per heavy atom. The smallest absolute Gasteiger partial charge is 0.407 e. The first-order chi connectivity index (χ1) is 12.1. The van der Waals surface area contributed by atoms with Gasteiger partial charge >= 0.3 is 6.09 Å². The molecule has 1 aliphatic heterocycles. The minimum absolute atomic E-state index is 0.224. The summed E-state index contributed by atoms with van der Waals surface area (Å²) in [6.45, 7) is 1.05. The van der Waals surface area contributed by atoms with Gasteiger partial charge in [0.25, 0.3) is 0 Å². The van der Waals surface area contributed by atoms with Crippen molar-refractivity contribution in [3.8, 4) is 5.69 Å². The summed E-state index contributed by atoms with van der Waals surface area (Å²) in [5.41, 5.74) is 2.78. The number of fused-ring (bicyclic) bond motifs is 1.